The smallest absolute Gasteiger partial charge is 0.187 e. The zero-order valence-electron chi connectivity index (χ0n) is 40.5. The Hall–Kier alpha value is -1.31. The fraction of sp³-hybridized carbons (Fsp3) is 0.938. The first-order chi connectivity index (χ1) is 31.7. The molecule has 4 aliphatic heterocycles. The van der Waals surface area contributed by atoms with Gasteiger partial charge >= 0.3 is 0 Å². The molecule has 7 fully saturated rings. The summed E-state index contributed by atoms with van der Waals surface area (Å²) in [6, 6.07) is 0. The molecule has 19 nitrogen and oxygen atoms in total. The SMILES string of the molecule is COC1CC(OC2CCC3(C)C(=CCC4(O)C3CC(O)C3(C)C(C(C)=O)CCC43O)C2)OC(C)C1OC1CC(OC)C(OC2CC(OC)C(OC3OC(CO)C(O)C(O)C3O)C(C)O2)C(C)O1. The lowest BCUT2D eigenvalue weighted by atomic mass is 9.43. The molecule has 8 aliphatic rings. The van der Waals surface area contributed by atoms with Crippen LogP contribution in [0.25, 0.3) is 0 Å². The van der Waals surface area contributed by atoms with E-state index < -0.39 is 139 Å². The van der Waals surface area contributed by atoms with E-state index in [1.54, 1.807) is 28.1 Å². The van der Waals surface area contributed by atoms with E-state index in [0.29, 0.717) is 44.9 Å². The molecule has 0 spiro atoms. The van der Waals surface area contributed by atoms with Crippen LogP contribution in [0.5, 0.6) is 0 Å². The van der Waals surface area contributed by atoms with Crippen LogP contribution in [-0.2, 0) is 56.9 Å². The molecule has 25 atom stereocenters. The molecule has 4 saturated heterocycles. The largest absolute Gasteiger partial charge is 0.394 e. The third kappa shape index (κ3) is 8.93. The molecule has 3 saturated carbocycles. The number of aliphatic hydroxyl groups excluding tert-OH is 5. The van der Waals surface area contributed by atoms with Gasteiger partial charge in [-0.15, -0.1) is 0 Å². The normalized spacial score (nSPS) is 53.6. The summed E-state index contributed by atoms with van der Waals surface area (Å²) in [5.41, 5.74) is -3.52. The number of carbonyl (C=O) groups is 1. The summed E-state index contributed by atoms with van der Waals surface area (Å²) in [5, 5.41) is 77.3. The second-order valence-corrected chi connectivity index (χ2v) is 21.3. The standard InChI is InChI=1S/C48H78O19/c1-22(50)28-12-15-48(56)46(28,6)34(51)20-33-45(5)13-11-27(16-26(45)10-14-47(33,48)55)63-35-17-29(57-7)41(23(2)60-35)65-36-18-30(58-8)42(24(3)61-36)66-37-19-31(59-9)43(25(4)62-37)67-44-40(54)39(53)38(52)32(21-49)64-44/h10,23-25,27-44,49,51-56H,11-21H2,1-9H3. The predicted octanol–water partition coefficient (Wildman–Crippen LogP) is 1.15. The first-order valence-corrected chi connectivity index (χ1v) is 24.5. The van der Waals surface area contributed by atoms with E-state index in [0.717, 1.165) is 5.57 Å². The molecular weight excluding hydrogens is 881 g/mol. The second-order valence-electron chi connectivity index (χ2n) is 21.3. The van der Waals surface area contributed by atoms with E-state index in [1.165, 1.54) is 14.0 Å². The molecule has 0 bridgehead atoms. The molecule has 4 heterocycles. The Morgan fingerprint density at radius 1 is 0.701 bits per heavy atom. The van der Waals surface area contributed by atoms with Crippen LogP contribution in [0, 0.1) is 22.7 Å². The number of carbonyl (C=O) groups excluding carboxylic acids is 1. The van der Waals surface area contributed by atoms with Crippen molar-refractivity contribution in [3.63, 3.8) is 0 Å². The van der Waals surface area contributed by atoms with Crippen molar-refractivity contribution in [1.82, 2.24) is 0 Å². The number of ether oxygens (including phenoxy) is 11. The minimum atomic E-state index is -1.60. The molecule has 25 unspecified atom stereocenters. The molecule has 384 valence electrons. The Bertz CT molecular complexity index is 1750. The Labute approximate surface area is 393 Å². The fourth-order valence-corrected chi connectivity index (χ4v) is 13.8. The minimum Gasteiger partial charge on any atom is -0.394 e. The molecule has 0 aromatic carbocycles. The van der Waals surface area contributed by atoms with Gasteiger partial charge in [-0.05, 0) is 78.1 Å². The summed E-state index contributed by atoms with van der Waals surface area (Å²) in [6.07, 6.45) is -8.72. The average molecular weight is 959 g/mol. The van der Waals surface area contributed by atoms with Crippen LogP contribution >= 0.6 is 0 Å². The van der Waals surface area contributed by atoms with Gasteiger partial charge < -0.3 is 87.9 Å². The van der Waals surface area contributed by atoms with Gasteiger partial charge in [0.25, 0.3) is 0 Å². The van der Waals surface area contributed by atoms with Gasteiger partial charge in [-0.1, -0.05) is 25.5 Å². The van der Waals surface area contributed by atoms with Crippen molar-refractivity contribution < 1.29 is 92.6 Å². The summed E-state index contributed by atoms with van der Waals surface area (Å²) >= 11 is 0. The van der Waals surface area contributed by atoms with Gasteiger partial charge in [-0.25, -0.2) is 0 Å². The van der Waals surface area contributed by atoms with Gasteiger partial charge in [0.15, 0.2) is 25.2 Å². The number of hydrogen-bond acceptors (Lipinski definition) is 19. The maximum Gasteiger partial charge on any atom is 0.187 e. The highest BCUT2D eigenvalue weighted by Crippen LogP contribution is 2.69. The van der Waals surface area contributed by atoms with Gasteiger partial charge in [-0.2, -0.15) is 0 Å². The maximum absolute atomic E-state index is 12.7. The van der Waals surface area contributed by atoms with Crippen LogP contribution in [0.2, 0.25) is 0 Å². The molecule has 19 heteroatoms. The monoisotopic (exact) mass is 959 g/mol. The Balaban J connectivity index is 0.845. The molecule has 0 aromatic heterocycles. The molecule has 7 N–H and O–H groups in total. The number of rotatable bonds is 13. The minimum absolute atomic E-state index is 0.0627. The number of aliphatic hydroxyl groups is 7. The van der Waals surface area contributed by atoms with Crippen molar-refractivity contribution in [1.29, 1.82) is 0 Å². The van der Waals surface area contributed by atoms with E-state index in [9.17, 15) is 40.5 Å². The highest BCUT2D eigenvalue weighted by Gasteiger charge is 2.76. The molecule has 67 heavy (non-hydrogen) atoms. The van der Waals surface area contributed by atoms with Crippen molar-refractivity contribution in [2.24, 2.45) is 22.7 Å². The number of ketones is 1. The zero-order chi connectivity index (χ0) is 48.5. The highest BCUT2D eigenvalue weighted by atomic mass is 16.8. The van der Waals surface area contributed by atoms with E-state index in [-0.39, 0.29) is 43.2 Å². The van der Waals surface area contributed by atoms with Gasteiger partial charge in [0.05, 0.1) is 55.4 Å². The van der Waals surface area contributed by atoms with E-state index in [1.807, 2.05) is 13.8 Å². The van der Waals surface area contributed by atoms with E-state index in [2.05, 4.69) is 13.0 Å². The quantitative estimate of drug-likeness (QED) is 0.128. The lowest BCUT2D eigenvalue weighted by molar-refractivity contribution is -0.357. The third-order valence-corrected chi connectivity index (χ3v) is 17.8. The maximum atomic E-state index is 12.7. The van der Waals surface area contributed by atoms with Crippen molar-refractivity contribution in [2.45, 2.75) is 234 Å². The Morgan fingerprint density at radius 3 is 1.73 bits per heavy atom. The molecule has 8 rings (SSSR count). The number of fused-ring (bicyclic) bond motifs is 5. The molecule has 0 amide bonds. The number of methoxy groups -OCH3 is 3. The fourth-order valence-electron chi connectivity index (χ4n) is 13.8. The van der Waals surface area contributed by atoms with Crippen LogP contribution < -0.4 is 0 Å². The Kier molecular flexibility index (Phi) is 15.5. The third-order valence-electron chi connectivity index (χ3n) is 17.8. The lowest BCUT2D eigenvalue weighted by Crippen LogP contribution is -2.75. The van der Waals surface area contributed by atoms with Crippen LogP contribution in [0.15, 0.2) is 11.6 Å². The molecule has 0 aromatic rings. The summed E-state index contributed by atoms with van der Waals surface area (Å²) in [5.74, 6) is -0.962. The van der Waals surface area contributed by atoms with Crippen LogP contribution in [0.1, 0.15) is 106 Å². The summed E-state index contributed by atoms with van der Waals surface area (Å²) in [4.78, 5) is 12.7. The first-order valence-electron chi connectivity index (χ1n) is 24.5. The predicted molar refractivity (Wildman–Crippen MR) is 233 cm³/mol. The Morgan fingerprint density at radius 2 is 1.22 bits per heavy atom. The number of hydrogen-bond donors (Lipinski definition) is 7. The zero-order valence-corrected chi connectivity index (χ0v) is 40.5. The van der Waals surface area contributed by atoms with Gasteiger partial charge in [0.1, 0.15) is 59.7 Å². The first kappa shape index (κ1) is 52.0. The van der Waals surface area contributed by atoms with Crippen LogP contribution in [0.4, 0.5) is 0 Å². The summed E-state index contributed by atoms with van der Waals surface area (Å²) < 4.78 is 68.3. The summed E-state index contributed by atoms with van der Waals surface area (Å²) in [7, 11) is 4.76. The summed E-state index contributed by atoms with van der Waals surface area (Å²) in [6.45, 7) is 10.4. The van der Waals surface area contributed by atoms with Gasteiger partial charge in [-0.3, -0.25) is 4.79 Å². The average Bonchev–Trinajstić information content (AvgIpc) is 3.59. The van der Waals surface area contributed by atoms with E-state index >= 15 is 0 Å². The van der Waals surface area contributed by atoms with Crippen LogP contribution in [0.3, 0.4) is 0 Å². The topological polar surface area (TPSA) is 260 Å². The molecular formula is C48H78O19. The molecule has 4 aliphatic carbocycles. The van der Waals surface area contributed by atoms with Crippen molar-refractivity contribution in [3.05, 3.63) is 11.6 Å². The highest BCUT2D eigenvalue weighted by molar-refractivity contribution is 5.80. The van der Waals surface area contributed by atoms with Gasteiger partial charge in [0.2, 0.25) is 0 Å². The van der Waals surface area contributed by atoms with E-state index in [4.69, 9.17) is 52.1 Å². The van der Waals surface area contributed by atoms with Crippen molar-refractivity contribution in [3.8, 4) is 0 Å². The van der Waals surface area contributed by atoms with Crippen molar-refractivity contribution in [2.75, 3.05) is 27.9 Å². The van der Waals surface area contributed by atoms with Crippen LogP contribution in [-0.4, -0.2) is 197 Å². The number of Topliss-reactive ketones (excluding diaryl/α,β-unsaturated/α-hetero) is 1. The lowest BCUT2D eigenvalue weighted by Gasteiger charge is -2.66. The molecule has 0 radical (unpaired) electrons. The second kappa shape index (κ2) is 19.9. The van der Waals surface area contributed by atoms with Crippen molar-refractivity contribution >= 4 is 5.78 Å². The van der Waals surface area contributed by atoms with Gasteiger partial charge in [0, 0.05) is 57.8 Å².